The van der Waals surface area contributed by atoms with Gasteiger partial charge in [0, 0.05) is 24.1 Å². The van der Waals surface area contributed by atoms with Gasteiger partial charge in [0.15, 0.2) is 15.0 Å². The SMILES string of the molecule is CC(=O)NC(C)c1ccc(-c2csc(NC(=O)c3cc(S(C)(=O)=O)ccc3Cl)n2)cc1. The van der Waals surface area contributed by atoms with E-state index in [1.807, 2.05) is 31.2 Å². The maximum atomic E-state index is 12.6. The number of hydrogen-bond donors (Lipinski definition) is 2. The standard InChI is InChI=1S/C21H20ClN3O4S2/c1-12(23-13(2)26)14-4-6-15(7-5-14)19-11-30-21(24-19)25-20(27)17-10-16(31(3,28)29)8-9-18(17)22/h4-12H,1-3H3,(H,23,26)(H,24,25,27). The third-order valence-electron chi connectivity index (χ3n) is 4.46. The number of amides is 2. The molecule has 1 heterocycles. The lowest BCUT2D eigenvalue weighted by Gasteiger charge is -2.13. The Morgan fingerprint density at radius 1 is 1.13 bits per heavy atom. The van der Waals surface area contributed by atoms with Gasteiger partial charge in [-0.1, -0.05) is 35.9 Å². The highest BCUT2D eigenvalue weighted by Gasteiger charge is 2.17. The van der Waals surface area contributed by atoms with Gasteiger partial charge in [0.2, 0.25) is 5.91 Å². The molecular formula is C21H20ClN3O4S2. The Hall–Kier alpha value is -2.75. The number of benzene rings is 2. The molecule has 7 nitrogen and oxygen atoms in total. The zero-order chi connectivity index (χ0) is 22.8. The molecule has 0 saturated carbocycles. The largest absolute Gasteiger partial charge is 0.350 e. The molecule has 0 saturated heterocycles. The first-order chi connectivity index (χ1) is 14.5. The summed E-state index contributed by atoms with van der Waals surface area (Å²) in [6, 6.07) is 11.5. The molecule has 0 bridgehead atoms. The van der Waals surface area contributed by atoms with Gasteiger partial charge in [-0.25, -0.2) is 13.4 Å². The second kappa shape index (κ2) is 9.17. The zero-order valence-corrected chi connectivity index (χ0v) is 19.4. The van der Waals surface area contributed by atoms with Gasteiger partial charge in [-0.2, -0.15) is 0 Å². The van der Waals surface area contributed by atoms with Crippen LogP contribution in [0.1, 0.15) is 35.8 Å². The van der Waals surface area contributed by atoms with Gasteiger partial charge < -0.3 is 5.32 Å². The molecule has 3 aromatic rings. The molecule has 1 aromatic heterocycles. The van der Waals surface area contributed by atoms with Crippen molar-refractivity contribution in [1.82, 2.24) is 10.3 Å². The fraction of sp³-hybridized carbons (Fsp3) is 0.190. The highest BCUT2D eigenvalue weighted by atomic mass is 35.5. The summed E-state index contributed by atoms with van der Waals surface area (Å²) in [5.74, 6) is -0.644. The van der Waals surface area contributed by atoms with Crippen LogP contribution in [0.3, 0.4) is 0 Å². The van der Waals surface area contributed by atoms with E-state index < -0.39 is 15.7 Å². The van der Waals surface area contributed by atoms with Crippen molar-refractivity contribution in [3.05, 3.63) is 64.0 Å². The number of carbonyl (C=O) groups excluding carboxylic acids is 2. The summed E-state index contributed by atoms with van der Waals surface area (Å²) in [5.41, 5.74) is 2.54. The molecule has 2 aromatic carbocycles. The lowest BCUT2D eigenvalue weighted by Crippen LogP contribution is -2.23. The first-order valence-corrected chi connectivity index (χ1v) is 12.3. The molecule has 0 aliphatic heterocycles. The van der Waals surface area contributed by atoms with Crippen molar-refractivity contribution in [3.8, 4) is 11.3 Å². The van der Waals surface area contributed by atoms with Crippen molar-refractivity contribution in [2.45, 2.75) is 24.8 Å². The van der Waals surface area contributed by atoms with E-state index in [1.165, 1.54) is 36.5 Å². The molecule has 1 atom stereocenters. The molecule has 3 rings (SSSR count). The van der Waals surface area contributed by atoms with Crippen LogP contribution in [-0.4, -0.2) is 31.5 Å². The first-order valence-electron chi connectivity index (χ1n) is 9.18. The summed E-state index contributed by atoms with van der Waals surface area (Å²) in [4.78, 5) is 28.2. The van der Waals surface area contributed by atoms with Gasteiger partial charge in [0.1, 0.15) is 0 Å². The quantitative estimate of drug-likeness (QED) is 0.550. The van der Waals surface area contributed by atoms with Crippen LogP contribution < -0.4 is 10.6 Å². The van der Waals surface area contributed by atoms with Crippen LogP contribution in [0.5, 0.6) is 0 Å². The topological polar surface area (TPSA) is 105 Å². The Morgan fingerprint density at radius 2 is 1.81 bits per heavy atom. The fourth-order valence-electron chi connectivity index (χ4n) is 2.87. The number of anilines is 1. The lowest BCUT2D eigenvalue weighted by atomic mass is 10.1. The van der Waals surface area contributed by atoms with Gasteiger partial charge in [-0.15, -0.1) is 11.3 Å². The van der Waals surface area contributed by atoms with E-state index in [4.69, 9.17) is 11.6 Å². The smallest absolute Gasteiger partial charge is 0.259 e. The van der Waals surface area contributed by atoms with Crippen molar-refractivity contribution in [3.63, 3.8) is 0 Å². The van der Waals surface area contributed by atoms with E-state index in [0.29, 0.717) is 10.8 Å². The number of nitrogens with one attached hydrogen (secondary N) is 2. The lowest BCUT2D eigenvalue weighted by molar-refractivity contribution is -0.119. The van der Waals surface area contributed by atoms with Crippen LogP contribution in [0.15, 0.2) is 52.7 Å². The van der Waals surface area contributed by atoms with Gasteiger partial charge in [-0.05, 0) is 30.7 Å². The highest BCUT2D eigenvalue weighted by molar-refractivity contribution is 7.90. The predicted molar refractivity (Wildman–Crippen MR) is 122 cm³/mol. The highest BCUT2D eigenvalue weighted by Crippen LogP contribution is 2.28. The van der Waals surface area contributed by atoms with Crippen LogP contribution in [0.2, 0.25) is 5.02 Å². The Bertz CT molecular complexity index is 1240. The maximum Gasteiger partial charge on any atom is 0.259 e. The molecule has 10 heteroatoms. The molecule has 31 heavy (non-hydrogen) atoms. The molecule has 1 unspecified atom stereocenters. The zero-order valence-electron chi connectivity index (χ0n) is 17.0. The van der Waals surface area contributed by atoms with Gasteiger partial charge in [-0.3, -0.25) is 14.9 Å². The average molecular weight is 478 g/mol. The van der Waals surface area contributed by atoms with Crippen LogP contribution in [0.4, 0.5) is 5.13 Å². The predicted octanol–water partition coefficient (Wildman–Crippen LogP) is 4.32. The second-order valence-electron chi connectivity index (χ2n) is 6.95. The average Bonchev–Trinajstić information content (AvgIpc) is 3.15. The van der Waals surface area contributed by atoms with Crippen molar-refractivity contribution in [2.24, 2.45) is 0 Å². The summed E-state index contributed by atoms with van der Waals surface area (Å²) >= 11 is 7.32. The van der Waals surface area contributed by atoms with Crippen molar-refractivity contribution in [1.29, 1.82) is 0 Å². The maximum absolute atomic E-state index is 12.6. The fourth-order valence-corrected chi connectivity index (χ4v) is 4.43. The molecule has 2 amide bonds. The van der Waals surface area contributed by atoms with E-state index in [2.05, 4.69) is 15.6 Å². The molecular weight excluding hydrogens is 458 g/mol. The van der Waals surface area contributed by atoms with Crippen LogP contribution in [0, 0.1) is 0 Å². The Labute approximate surface area is 189 Å². The number of halogens is 1. The van der Waals surface area contributed by atoms with Crippen LogP contribution in [-0.2, 0) is 14.6 Å². The minimum atomic E-state index is -3.47. The van der Waals surface area contributed by atoms with Gasteiger partial charge in [0.25, 0.3) is 5.91 Å². The molecule has 162 valence electrons. The molecule has 0 fully saturated rings. The number of aromatic nitrogens is 1. The first kappa shape index (κ1) is 22.9. The van der Waals surface area contributed by atoms with E-state index in [9.17, 15) is 18.0 Å². The third kappa shape index (κ3) is 5.69. The van der Waals surface area contributed by atoms with Crippen molar-refractivity contribution < 1.29 is 18.0 Å². The van der Waals surface area contributed by atoms with Crippen molar-refractivity contribution >= 4 is 49.7 Å². The Kier molecular flexibility index (Phi) is 6.78. The number of carbonyl (C=O) groups is 2. The third-order valence-corrected chi connectivity index (χ3v) is 6.66. The molecule has 0 aliphatic carbocycles. The number of hydrogen-bond acceptors (Lipinski definition) is 6. The van der Waals surface area contributed by atoms with Crippen molar-refractivity contribution in [2.75, 3.05) is 11.6 Å². The number of thiazole rings is 1. The number of nitrogens with zero attached hydrogens (tertiary/aromatic N) is 1. The summed E-state index contributed by atoms with van der Waals surface area (Å²) in [6.07, 6.45) is 1.06. The Morgan fingerprint density at radius 3 is 2.42 bits per heavy atom. The summed E-state index contributed by atoms with van der Waals surface area (Å²) in [5, 5.41) is 7.79. The number of rotatable bonds is 6. The van der Waals surface area contributed by atoms with Gasteiger partial charge >= 0.3 is 0 Å². The van der Waals surface area contributed by atoms with E-state index in [1.54, 1.807) is 5.38 Å². The second-order valence-corrected chi connectivity index (χ2v) is 10.2. The molecule has 0 aliphatic rings. The van der Waals surface area contributed by atoms with Crippen LogP contribution >= 0.6 is 22.9 Å². The molecule has 0 radical (unpaired) electrons. The summed E-state index contributed by atoms with van der Waals surface area (Å²) in [6.45, 7) is 3.37. The van der Waals surface area contributed by atoms with E-state index in [-0.39, 0.29) is 27.4 Å². The van der Waals surface area contributed by atoms with Crippen LogP contribution in [0.25, 0.3) is 11.3 Å². The van der Waals surface area contributed by atoms with Gasteiger partial charge in [0.05, 0.1) is 27.2 Å². The monoisotopic (exact) mass is 477 g/mol. The minimum Gasteiger partial charge on any atom is -0.350 e. The summed E-state index contributed by atoms with van der Waals surface area (Å²) < 4.78 is 23.5. The normalized spacial score (nSPS) is 12.3. The van der Waals surface area contributed by atoms with E-state index >= 15 is 0 Å². The minimum absolute atomic E-state index is 0.00968. The molecule has 2 N–H and O–H groups in total. The number of sulfone groups is 1. The molecule has 0 spiro atoms. The van der Waals surface area contributed by atoms with E-state index in [0.717, 1.165) is 17.4 Å². The Balaban J connectivity index is 1.76. The summed E-state index contributed by atoms with van der Waals surface area (Å²) in [7, 11) is -3.47.